The molecule has 0 amide bonds. The Morgan fingerprint density at radius 2 is 1.95 bits per heavy atom. The van der Waals surface area contributed by atoms with Crippen LogP contribution in [0.5, 0.6) is 17.5 Å². The number of hydrogen-bond acceptors (Lipinski definition) is 5. The van der Waals surface area contributed by atoms with E-state index in [4.69, 9.17) is 26.8 Å². The topological polar surface area (TPSA) is 70.3 Å². The summed E-state index contributed by atoms with van der Waals surface area (Å²) in [4.78, 5) is 7.84. The minimum atomic E-state index is -0.457. The monoisotopic (exact) mass is 297 g/mol. The number of ether oxygens (including phenoxy) is 2. The van der Waals surface area contributed by atoms with Crippen LogP contribution >= 0.6 is 11.6 Å². The number of anilines is 1. The summed E-state index contributed by atoms with van der Waals surface area (Å²) in [5.41, 5.74) is 6.02. The second-order valence-electron chi connectivity index (χ2n) is 4.24. The van der Waals surface area contributed by atoms with Crippen LogP contribution in [0.1, 0.15) is 13.8 Å². The zero-order valence-electron chi connectivity index (χ0n) is 10.9. The van der Waals surface area contributed by atoms with Crippen molar-refractivity contribution in [3.8, 4) is 17.5 Å². The number of aromatic nitrogens is 2. The van der Waals surface area contributed by atoms with Gasteiger partial charge in [-0.2, -0.15) is 9.97 Å². The molecule has 106 valence electrons. The third-order valence-electron chi connectivity index (χ3n) is 2.26. The molecule has 0 atom stereocenters. The maximum Gasteiger partial charge on any atom is 0.249 e. The predicted octanol–water partition coefficient (Wildman–Crippen LogP) is 3.43. The summed E-state index contributed by atoms with van der Waals surface area (Å²) in [6.07, 6.45) is 1.18. The van der Waals surface area contributed by atoms with E-state index in [2.05, 4.69) is 9.97 Å². The lowest BCUT2D eigenvalue weighted by Gasteiger charge is -2.13. The smallest absolute Gasteiger partial charge is 0.249 e. The van der Waals surface area contributed by atoms with Crippen molar-refractivity contribution in [1.29, 1.82) is 0 Å². The van der Waals surface area contributed by atoms with Crippen LogP contribution < -0.4 is 15.2 Å². The number of rotatable bonds is 4. The van der Waals surface area contributed by atoms with Crippen LogP contribution in [0.25, 0.3) is 0 Å². The fraction of sp³-hybridized carbons (Fsp3) is 0.231. The molecular formula is C13H13ClFN3O2. The molecule has 0 saturated heterocycles. The lowest BCUT2D eigenvalue weighted by atomic mass is 10.3. The summed E-state index contributed by atoms with van der Waals surface area (Å²) >= 11 is 5.88. The highest BCUT2D eigenvalue weighted by molar-refractivity contribution is 6.32. The highest BCUT2D eigenvalue weighted by Crippen LogP contribution is 2.34. The van der Waals surface area contributed by atoms with Gasteiger partial charge in [-0.05, 0) is 32.0 Å². The largest absolute Gasteiger partial charge is 0.473 e. The molecule has 1 aromatic heterocycles. The zero-order valence-corrected chi connectivity index (χ0v) is 11.7. The third kappa shape index (κ3) is 3.27. The van der Waals surface area contributed by atoms with E-state index < -0.39 is 5.82 Å². The number of hydrogen-bond donors (Lipinski definition) is 1. The Bertz CT molecular complexity index is 623. The lowest BCUT2D eigenvalue weighted by Crippen LogP contribution is -2.10. The Labute approximate surface area is 120 Å². The van der Waals surface area contributed by atoms with E-state index in [1.807, 2.05) is 13.8 Å². The first-order chi connectivity index (χ1) is 9.47. The molecule has 0 aliphatic carbocycles. The summed E-state index contributed by atoms with van der Waals surface area (Å²) < 4.78 is 23.8. The fourth-order valence-corrected chi connectivity index (χ4v) is 1.63. The highest BCUT2D eigenvalue weighted by atomic mass is 35.5. The van der Waals surface area contributed by atoms with E-state index in [9.17, 15) is 4.39 Å². The van der Waals surface area contributed by atoms with Gasteiger partial charge in [0.05, 0.1) is 11.1 Å². The fourth-order valence-electron chi connectivity index (χ4n) is 1.42. The number of nitrogen functional groups attached to an aromatic ring is 1. The molecule has 2 N–H and O–H groups in total. The predicted molar refractivity (Wildman–Crippen MR) is 73.7 cm³/mol. The second kappa shape index (κ2) is 5.92. The normalized spacial score (nSPS) is 10.7. The summed E-state index contributed by atoms with van der Waals surface area (Å²) in [6.45, 7) is 3.69. The Hall–Kier alpha value is -2.08. The maximum atomic E-state index is 13.0. The molecule has 1 aromatic carbocycles. The second-order valence-corrected chi connectivity index (χ2v) is 4.65. The van der Waals surface area contributed by atoms with Crippen molar-refractivity contribution in [2.24, 2.45) is 0 Å². The molecule has 0 bridgehead atoms. The van der Waals surface area contributed by atoms with Crippen molar-refractivity contribution in [3.63, 3.8) is 0 Å². The van der Waals surface area contributed by atoms with Gasteiger partial charge in [-0.15, -0.1) is 0 Å². The minimum Gasteiger partial charge on any atom is -0.473 e. The molecule has 2 aromatic rings. The molecule has 0 spiro atoms. The van der Waals surface area contributed by atoms with Gasteiger partial charge >= 0.3 is 0 Å². The molecule has 5 nitrogen and oxygen atoms in total. The van der Waals surface area contributed by atoms with Crippen LogP contribution in [0.4, 0.5) is 10.1 Å². The Morgan fingerprint density at radius 3 is 2.60 bits per heavy atom. The average molecular weight is 298 g/mol. The van der Waals surface area contributed by atoms with Crippen LogP contribution in [-0.4, -0.2) is 16.1 Å². The quantitative estimate of drug-likeness (QED) is 0.936. The number of nitrogens with two attached hydrogens (primary N) is 1. The molecule has 0 aliphatic rings. The molecule has 0 radical (unpaired) electrons. The van der Waals surface area contributed by atoms with Gasteiger partial charge in [-0.3, -0.25) is 0 Å². The highest BCUT2D eigenvalue weighted by Gasteiger charge is 2.14. The van der Waals surface area contributed by atoms with Gasteiger partial charge in [0.15, 0.2) is 5.69 Å². The third-order valence-corrected chi connectivity index (χ3v) is 2.55. The van der Waals surface area contributed by atoms with Gasteiger partial charge in [-0.25, -0.2) is 4.39 Å². The molecule has 0 aliphatic heterocycles. The van der Waals surface area contributed by atoms with E-state index in [0.717, 1.165) is 6.07 Å². The minimum absolute atomic E-state index is 0.0885. The first-order valence-corrected chi connectivity index (χ1v) is 6.25. The van der Waals surface area contributed by atoms with E-state index in [1.54, 1.807) is 0 Å². The Kier molecular flexibility index (Phi) is 4.24. The summed E-state index contributed by atoms with van der Waals surface area (Å²) in [5, 5.41) is 0.120. The van der Waals surface area contributed by atoms with Crippen molar-refractivity contribution in [2.75, 3.05) is 5.73 Å². The van der Waals surface area contributed by atoms with E-state index in [-0.39, 0.29) is 34.3 Å². The summed E-state index contributed by atoms with van der Waals surface area (Å²) in [7, 11) is 0. The average Bonchev–Trinajstić information content (AvgIpc) is 2.36. The molecule has 0 saturated carbocycles. The molecular weight excluding hydrogens is 285 g/mol. The van der Waals surface area contributed by atoms with Crippen molar-refractivity contribution >= 4 is 17.3 Å². The van der Waals surface area contributed by atoms with Crippen LogP contribution in [-0.2, 0) is 0 Å². The molecule has 1 heterocycles. The molecule has 0 fully saturated rings. The molecule has 0 unspecified atom stereocenters. The van der Waals surface area contributed by atoms with Gasteiger partial charge < -0.3 is 15.2 Å². The lowest BCUT2D eigenvalue weighted by molar-refractivity contribution is 0.232. The van der Waals surface area contributed by atoms with Gasteiger partial charge in [0, 0.05) is 0 Å². The maximum absolute atomic E-state index is 13.0. The van der Waals surface area contributed by atoms with Gasteiger partial charge in [0.1, 0.15) is 17.9 Å². The van der Waals surface area contributed by atoms with Gasteiger partial charge in [0.25, 0.3) is 0 Å². The SMILES string of the molecule is CC(C)Oc1ncnc(Oc2ccc(F)cc2Cl)c1N. The van der Waals surface area contributed by atoms with E-state index >= 15 is 0 Å². The molecule has 20 heavy (non-hydrogen) atoms. The Morgan fingerprint density at radius 1 is 1.25 bits per heavy atom. The van der Waals surface area contributed by atoms with Crippen LogP contribution in [0.15, 0.2) is 24.5 Å². The van der Waals surface area contributed by atoms with Crippen molar-refractivity contribution in [2.45, 2.75) is 20.0 Å². The number of halogens is 2. The van der Waals surface area contributed by atoms with Crippen molar-refractivity contribution in [1.82, 2.24) is 9.97 Å². The summed E-state index contributed by atoms with van der Waals surface area (Å²) in [6, 6.07) is 3.76. The van der Waals surface area contributed by atoms with Crippen LogP contribution in [0.3, 0.4) is 0 Å². The van der Waals surface area contributed by atoms with Gasteiger partial charge in [0.2, 0.25) is 11.8 Å². The summed E-state index contributed by atoms with van der Waals surface area (Å²) in [5.74, 6) is 0.114. The van der Waals surface area contributed by atoms with Gasteiger partial charge in [-0.1, -0.05) is 11.6 Å². The van der Waals surface area contributed by atoms with Crippen LogP contribution in [0.2, 0.25) is 5.02 Å². The zero-order chi connectivity index (χ0) is 14.7. The standard InChI is InChI=1S/C13H13ClFN3O2/c1-7(2)19-12-11(16)13(18-6-17-12)20-10-4-3-8(15)5-9(10)14/h3-7H,16H2,1-2H3. The van der Waals surface area contributed by atoms with Crippen molar-refractivity contribution in [3.05, 3.63) is 35.4 Å². The van der Waals surface area contributed by atoms with Crippen LogP contribution in [0, 0.1) is 5.82 Å². The first-order valence-electron chi connectivity index (χ1n) is 5.87. The number of nitrogens with zero attached hydrogens (tertiary/aromatic N) is 2. The van der Waals surface area contributed by atoms with E-state index in [0.29, 0.717) is 0 Å². The first kappa shape index (κ1) is 14.3. The molecule has 7 heteroatoms. The molecule has 2 rings (SSSR count). The van der Waals surface area contributed by atoms with E-state index in [1.165, 1.54) is 18.5 Å². The Balaban J connectivity index is 2.29. The van der Waals surface area contributed by atoms with Crippen molar-refractivity contribution < 1.29 is 13.9 Å². The number of benzene rings is 1.